The van der Waals surface area contributed by atoms with Crippen molar-refractivity contribution in [2.24, 2.45) is 0 Å². The SMILES string of the molecule is C#CCOc1c(Br)cc(Br)cc1CNc1cc(C)ccc1C. The predicted octanol–water partition coefficient (Wildman–Crippen LogP) is 5.45. The third-order valence-corrected chi connectivity index (χ3v) is 4.29. The summed E-state index contributed by atoms with van der Waals surface area (Å²) < 4.78 is 7.55. The van der Waals surface area contributed by atoms with Crippen LogP contribution < -0.4 is 10.1 Å². The minimum atomic E-state index is 0.247. The highest BCUT2D eigenvalue weighted by Crippen LogP contribution is 2.33. The molecule has 0 aromatic heterocycles. The molecule has 0 aliphatic heterocycles. The molecular weight excluding hydrogens is 406 g/mol. The van der Waals surface area contributed by atoms with Gasteiger partial charge < -0.3 is 10.1 Å². The van der Waals surface area contributed by atoms with Crippen LogP contribution in [0.3, 0.4) is 0 Å². The largest absolute Gasteiger partial charge is 0.479 e. The molecular formula is C18H17Br2NO. The molecule has 0 amide bonds. The van der Waals surface area contributed by atoms with Crippen molar-refractivity contribution in [1.29, 1.82) is 0 Å². The molecule has 0 fully saturated rings. The number of nitrogens with one attached hydrogen (secondary N) is 1. The number of benzene rings is 2. The second kappa shape index (κ2) is 7.71. The molecule has 2 rings (SSSR count). The van der Waals surface area contributed by atoms with Gasteiger partial charge in [0.1, 0.15) is 12.4 Å². The Morgan fingerprint density at radius 3 is 2.68 bits per heavy atom. The maximum Gasteiger partial charge on any atom is 0.148 e. The fourth-order valence-electron chi connectivity index (χ4n) is 2.14. The molecule has 0 atom stereocenters. The number of hydrogen-bond acceptors (Lipinski definition) is 2. The van der Waals surface area contributed by atoms with Crippen LogP contribution in [-0.4, -0.2) is 6.61 Å². The first-order valence-electron chi connectivity index (χ1n) is 6.86. The minimum Gasteiger partial charge on any atom is -0.479 e. The predicted molar refractivity (Wildman–Crippen MR) is 99.4 cm³/mol. The smallest absolute Gasteiger partial charge is 0.148 e. The highest BCUT2D eigenvalue weighted by Gasteiger charge is 2.10. The maximum absolute atomic E-state index is 5.67. The summed E-state index contributed by atoms with van der Waals surface area (Å²) in [6, 6.07) is 10.4. The van der Waals surface area contributed by atoms with E-state index in [0.29, 0.717) is 6.54 Å². The van der Waals surface area contributed by atoms with Gasteiger partial charge in [0.2, 0.25) is 0 Å². The zero-order valence-electron chi connectivity index (χ0n) is 12.5. The summed E-state index contributed by atoms with van der Waals surface area (Å²) in [6.07, 6.45) is 5.29. The number of terminal acetylenes is 1. The second-order valence-corrected chi connectivity index (χ2v) is 6.81. The molecule has 0 saturated heterocycles. The standard InChI is InChI=1S/C18H17Br2NO/c1-4-7-22-18-14(9-15(19)10-16(18)20)11-21-17-8-12(2)5-6-13(17)3/h1,5-6,8-10,21H,7,11H2,2-3H3. The lowest BCUT2D eigenvalue weighted by atomic mass is 10.1. The van der Waals surface area contributed by atoms with Crippen molar-refractivity contribution in [1.82, 2.24) is 0 Å². The van der Waals surface area contributed by atoms with E-state index >= 15 is 0 Å². The first-order valence-corrected chi connectivity index (χ1v) is 8.45. The highest BCUT2D eigenvalue weighted by atomic mass is 79.9. The molecule has 0 heterocycles. The molecule has 0 unspecified atom stereocenters. The van der Waals surface area contributed by atoms with Gasteiger partial charge in [-0.05, 0) is 59.1 Å². The van der Waals surface area contributed by atoms with E-state index in [-0.39, 0.29) is 6.61 Å². The summed E-state index contributed by atoms with van der Waals surface area (Å²) in [6.45, 7) is 5.08. The molecule has 0 radical (unpaired) electrons. The molecule has 2 nitrogen and oxygen atoms in total. The number of halogens is 2. The third kappa shape index (κ3) is 4.28. The first kappa shape index (κ1) is 16.9. The normalized spacial score (nSPS) is 10.1. The molecule has 2 aromatic carbocycles. The first-order chi connectivity index (χ1) is 10.5. The van der Waals surface area contributed by atoms with Crippen LogP contribution >= 0.6 is 31.9 Å². The Hall–Kier alpha value is -1.44. The fourth-order valence-corrected chi connectivity index (χ4v) is 3.57. The van der Waals surface area contributed by atoms with E-state index in [0.717, 1.165) is 25.9 Å². The lowest BCUT2D eigenvalue weighted by Gasteiger charge is -2.15. The Morgan fingerprint density at radius 2 is 1.95 bits per heavy atom. The van der Waals surface area contributed by atoms with E-state index in [9.17, 15) is 0 Å². The average molecular weight is 423 g/mol. The van der Waals surface area contributed by atoms with Crippen LogP contribution in [0.2, 0.25) is 0 Å². The van der Waals surface area contributed by atoms with Crippen molar-refractivity contribution in [3.63, 3.8) is 0 Å². The summed E-state index contributed by atoms with van der Waals surface area (Å²) in [5, 5.41) is 3.47. The number of ether oxygens (including phenoxy) is 1. The number of rotatable bonds is 5. The Morgan fingerprint density at radius 1 is 1.18 bits per heavy atom. The van der Waals surface area contributed by atoms with Gasteiger partial charge in [0.05, 0.1) is 4.47 Å². The van der Waals surface area contributed by atoms with E-state index in [1.54, 1.807) is 0 Å². The van der Waals surface area contributed by atoms with E-state index in [4.69, 9.17) is 11.2 Å². The van der Waals surface area contributed by atoms with Gasteiger partial charge in [0.15, 0.2) is 0 Å². The third-order valence-electron chi connectivity index (χ3n) is 3.25. The Kier molecular flexibility index (Phi) is 5.93. The average Bonchev–Trinajstić information content (AvgIpc) is 2.47. The molecule has 2 aromatic rings. The molecule has 114 valence electrons. The Balaban J connectivity index is 2.25. The van der Waals surface area contributed by atoms with E-state index < -0.39 is 0 Å². The molecule has 1 N–H and O–H groups in total. The zero-order valence-corrected chi connectivity index (χ0v) is 15.7. The van der Waals surface area contributed by atoms with Crippen LogP contribution in [0.25, 0.3) is 0 Å². The fraction of sp³-hybridized carbons (Fsp3) is 0.222. The minimum absolute atomic E-state index is 0.247. The number of hydrogen-bond donors (Lipinski definition) is 1. The maximum atomic E-state index is 5.67. The quantitative estimate of drug-likeness (QED) is 0.646. The molecule has 0 spiro atoms. The van der Waals surface area contributed by atoms with Crippen molar-refractivity contribution in [2.45, 2.75) is 20.4 Å². The number of anilines is 1. The van der Waals surface area contributed by atoms with Gasteiger partial charge in [0, 0.05) is 22.3 Å². The number of aryl methyl sites for hydroxylation is 2. The zero-order chi connectivity index (χ0) is 16.1. The highest BCUT2D eigenvalue weighted by molar-refractivity contribution is 9.11. The monoisotopic (exact) mass is 421 g/mol. The van der Waals surface area contributed by atoms with Crippen LogP contribution in [-0.2, 0) is 6.54 Å². The molecule has 4 heteroatoms. The van der Waals surface area contributed by atoms with Crippen LogP contribution in [0.5, 0.6) is 5.75 Å². The second-order valence-electron chi connectivity index (χ2n) is 5.04. The summed E-state index contributed by atoms with van der Waals surface area (Å²) >= 11 is 7.04. The summed E-state index contributed by atoms with van der Waals surface area (Å²) in [5.41, 5.74) is 4.61. The topological polar surface area (TPSA) is 21.3 Å². The van der Waals surface area contributed by atoms with Crippen LogP contribution in [0.1, 0.15) is 16.7 Å². The molecule has 0 aliphatic carbocycles. The van der Waals surface area contributed by atoms with Gasteiger partial charge >= 0.3 is 0 Å². The van der Waals surface area contributed by atoms with Gasteiger partial charge in [-0.2, -0.15) is 0 Å². The van der Waals surface area contributed by atoms with Crippen molar-refractivity contribution in [3.05, 3.63) is 56.0 Å². The van der Waals surface area contributed by atoms with E-state index in [2.05, 4.69) is 75.1 Å². The van der Waals surface area contributed by atoms with Gasteiger partial charge in [-0.1, -0.05) is 34.0 Å². The van der Waals surface area contributed by atoms with Gasteiger partial charge in [-0.15, -0.1) is 6.42 Å². The summed E-state index contributed by atoms with van der Waals surface area (Å²) in [4.78, 5) is 0. The van der Waals surface area contributed by atoms with Crippen LogP contribution in [0.4, 0.5) is 5.69 Å². The molecule has 22 heavy (non-hydrogen) atoms. The van der Waals surface area contributed by atoms with E-state index in [1.807, 2.05) is 12.1 Å². The molecule has 0 bridgehead atoms. The summed E-state index contributed by atoms with van der Waals surface area (Å²) in [5.74, 6) is 3.28. The lowest BCUT2D eigenvalue weighted by Crippen LogP contribution is -2.05. The lowest BCUT2D eigenvalue weighted by molar-refractivity contribution is 0.364. The molecule has 0 aliphatic rings. The van der Waals surface area contributed by atoms with Gasteiger partial charge in [-0.25, -0.2) is 0 Å². The van der Waals surface area contributed by atoms with Gasteiger partial charge in [-0.3, -0.25) is 0 Å². The summed E-state index contributed by atoms with van der Waals surface area (Å²) in [7, 11) is 0. The van der Waals surface area contributed by atoms with Gasteiger partial charge in [0.25, 0.3) is 0 Å². The Bertz CT molecular complexity index is 720. The molecule has 0 saturated carbocycles. The van der Waals surface area contributed by atoms with Crippen molar-refractivity contribution in [2.75, 3.05) is 11.9 Å². The van der Waals surface area contributed by atoms with Crippen LogP contribution in [0.15, 0.2) is 39.3 Å². The van der Waals surface area contributed by atoms with E-state index in [1.165, 1.54) is 11.1 Å². The van der Waals surface area contributed by atoms with Crippen molar-refractivity contribution >= 4 is 37.5 Å². The van der Waals surface area contributed by atoms with Crippen molar-refractivity contribution in [3.8, 4) is 18.1 Å². The van der Waals surface area contributed by atoms with Crippen LogP contribution in [0, 0.1) is 26.2 Å². The Labute approximate surface area is 148 Å². The van der Waals surface area contributed by atoms with Crippen molar-refractivity contribution < 1.29 is 4.74 Å².